The molecule has 0 bridgehead atoms. The monoisotopic (exact) mass is 346 g/mol. The molecule has 5 nitrogen and oxygen atoms in total. The highest BCUT2D eigenvalue weighted by atomic mass is 19.4. The highest BCUT2D eigenvalue weighted by Crippen LogP contribution is 2.35. The zero-order chi connectivity index (χ0) is 17.9. The standard InChI is InChI=1S/C16H21F3N2O3/c1-20(13-5-2-11(10-22)3-6-13)9-12-4-7-14(21(23)24)8-15(12)16(17,18)19/h4,7-8,11,13,22H,2-3,5-6,9-10H2,1H3. The zero-order valence-electron chi connectivity index (χ0n) is 13.4. The van der Waals surface area contributed by atoms with Crippen LogP contribution in [0.2, 0.25) is 0 Å². The molecule has 0 amide bonds. The minimum atomic E-state index is -4.63. The van der Waals surface area contributed by atoms with Gasteiger partial charge in [0.05, 0.1) is 10.5 Å². The van der Waals surface area contributed by atoms with Gasteiger partial charge in [0.15, 0.2) is 0 Å². The van der Waals surface area contributed by atoms with Crippen LogP contribution in [0, 0.1) is 16.0 Å². The van der Waals surface area contributed by atoms with Gasteiger partial charge in [-0.1, -0.05) is 6.07 Å². The van der Waals surface area contributed by atoms with E-state index in [9.17, 15) is 23.3 Å². The summed E-state index contributed by atoms with van der Waals surface area (Å²) in [6.07, 6.45) is -1.25. The second-order valence-electron chi connectivity index (χ2n) is 6.37. The number of rotatable bonds is 5. The quantitative estimate of drug-likeness (QED) is 0.653. The summed E-state index contributed by atoms with van der Waals surface area (Å²) in [5.41, 5.74) is -1.47. The van der Waals surface area contributed by atoms with Crippen molar-refractivity contribution in [2.45, 2.75) is 44.4 Å². The van der Waals surface area contributed by atoms with Crippen molar-refractivity contribution < 1.29 is 23.2 Å². The van der Waals surface area contributed by atoms with Crippen molar-refractivity contribution >= 4 is 5.69 Å². The number of hydrogen-bond donors (Lipinski definition) is 1. The van der Waals surface area contributed by atoms with Crippen molar-refractivity contribution in [3.05, 3.63) is 39.4 Å². The Kier molecular flexibility index (Phi) is 5.82. The summed E-state index contributed by atoms with van der Waals surface area (Å²) in [6, 6.07) is 3.06. The van der Waals surface area contributed by atoms with Crippen LogP contribution in [0.1, 0.15) is 36.8 Å². The number of aliphatic hydroxyl groups is 1. The van der Waals surface area contributed by atoms with Gasteiger partial charge in [0.2, 0.25) is 0 Å². The van der Waals surface area contributed by atoms with E-state index in [0.717, 1.165) is 31.7 Å². The molecule has 0 aliphatic heterocycles. The van der Waals surface area contributed by atoms with E-state index in [1.165, 1.54) is 6.07 Å². The van der Waals surface area contributed by atoms with Gasteiger partial charge in [-0.25, -0.2) is 0 Å². The number of nitrogens with zero attached hydrogens (tertiary/aromatic N) is 2. The maximum atomic E-state index is 13.2. The fourth-order valence-electron chi connectivity index (χ4n) is 3.25. The van der Waals surface area contributed by atoms with E-state index in [0.29, 0.717) is 6.07 Å². The van der Waals surface area contributed by atoms with Gasteiger partial charge in [0.1, 0.15) is 0 Å². The number of halogens is 3. The second kappa shape index (κ2) is 7.48. The average molecular weight is 346 g/mol. The molecule has 0 heterocycles. The molecule has 1 N–H and O–H groups in total. The number of benzene rings is 1. The molecule has 1 aliphatic carbocycles. The zero-order valence-corrected chi connectivity index (χ0v) is 13.4. The van der Waals surface area contributed by atoms with Crippen LogP contribution in [0.15, 0.2) is 18.2 Å². The molecule has 1 aromatic carbocycles. The fraction of sp³-hybridized carbons (Fsp3) is 0.625. The maximum Gasteiger partial charge on any atom is 0.416 e. The summed E-state index contributed by atoms with van der Waals surface area (Å²) in [5, 5.41) is 19.9. The SMILES string of the molecule is CN(Cc1ccc([N+](=O)[O-])cc1C(F)(F)F)C1CCC(CO)CC1. The summed E-state index contributed by atoms with van der Waals surface area (Å²) in [4.78, 5) is 11.8. The van der Waals surface area contributed by atoms with E-state index < -0.39 is 22.4 Å². The molecule has 0 spiro atoms. The second-order valence-corrected chi connectivity index (χ2v) is 6.37. The Balaban J connectivity index is 2.15. The van der Waals surface area contributed by atoms with Crippen LogP contribution >= 0.6 is 0 Å². The Bertz CT molecular complexity index is 584. The smallest absolute Gasteiger partial charge is 0.396 e. The predicted octanol–water partition coefficient (Wildman–Crippen LogP) is 3.60. The third-order valence-electron chi connectivity index (χ3n) is 4.73. The van der Waals surface area contributed by atoms with Crippen molar-refractivity contribution in [2.24, 2.45) is 5.92 Å². The number of nitro groups is 1. The summed E-state index contributed by atoms with van der Waals surface area (Å²) < 4.78 is 39.6. The van der Waals surface area contributed by atoms with Crippen molar-refractivity contribution in [3.8, 4) is 0 Å². The molecular formula is C16H21F3N2O3. The molecule has 24 heavy (non-hydrogen) atoms. The molecule has 2 rings (SSSR count). The van der Waals surface area contributed by atoms with Crippen LogP contribution in [0.25, 0.3) is 0 Å². The average Bonchev–Trinajstić information content (AvgIpc) is 2.54. The lowest BCUT2D eigenvalue weighted by Gasteiger charge is -2.34. The van der Waals surface area contributed by atoms with E-state index in [2.05, 4.69) is 0 Å². The van der Waals surface area contributed by atoms with Gasteiger partial charge < -0.3 is 5.11 Å². The maximum absolute atomic E-state index is 13.2. The first-order valence-electron chi connectivity index (χ1n) is 7.88. The van der Waals surface area contributed by atoms with Crippen molar-refractivity contribution in [1.82, 2.24) is 4.90 Å². The van der Waals surface area contributed by atoms with Crippen LogP contribution in [0.4, 0.5) is 18.9 Å². The number of non-ortho nitro benzene ring substituents is 1. The molecule has 1 fully saturated rings. The van der Waals surface area contributed by atoms with Crippen molar-refractivity contribution in [1.29, 1.82) is 0 Å². The molecule has 0 radical (unpaired) electrons. The van der Waals surface area contributed by atoms with E-state index >= 15 is 0 Å². The first kappa shape index (κ1) is 18.7. The third kappa shape index (κ3) is 4.45. The van der Waals surface area contributed by atoms with Gasteiger partial charge in [0.25, 0.3) is 5.69 Å². The third-order valence-corrected chi connectivity index (χ3v) is 4.73. The highest BCUT2D eigenvalue weighted by molar-refractivity contribution is 5.41. The molecule has 0 saturated heterocycles. The topological polar surface area (TPSA) is 66.6 Å². The minimum Gasteiger partial charge on any atom is -0.396 e. The van der Waals surface area contributed by atoms with E-state index in [-0.39, 0.29) is 30.7 Å². The van der Waals surface area contributed by atoms with Gasteiger partial charge >= 0.3 is 6.18 Å². The van der Waals surface area contributed by atoms with Crippen molar-refractivity contribution in [2.75, 3.05) is 13.7 Å². The number of hydrogen-bond acceptors (Lipinski definition) is 4. The molecule has 134 valence electrons. The molecule has 8 heteroatoms. The summed E-state index contributed by atoms with van der Waals surface area (Å²) in [5.74, 6) is 0.278. The normalized spacial score (nSPS) is 21.9. The van der Waals surface area contributed by atoms with Gasteiger partial charge in [-0.15, -0.1) is 0 Å². The predicted molar refractivity (Wildman–Crippen MR) is 82.4 cm³/mol. The Morgan fingerprint density at radius 1 is 1.29 bits per heavy atom. The van der Waals surface area contributed by atoms with Crippen LogP contribution in [-0.4, -0.2) is 34.6 Å². The van der Waals surface area contributed by atoms with Gasteiger partial charge in [-0.3, -0.25) is 15.0 Å². The van der Waals surface area contributed by atoms with Crippen LogP contribution in [0.3, 0.4) is 0 Å². The Morgan fingerprint density at radius 2 is 1.92 bits per heavy atom. The van der Waals surface area contributed by atoms with Gasteiger partial charge in [-0.05, 0) is 44.2 Å². The molecule has 1 aliphatic rings. The highest BCUT2D eigenvalue weighted by Gasteiger charge is 2.35. The van der Waals surface area contributed by atoms with Gasteiger partial charge in [0, 0.05) is 31.3 Å². The van der Waals surface area contributed by atoms with Crippen molar-refractivity contribution in [3.63, 3.8) is 0 Å². The Labute approximate surface area is 138 Å². The molecule has 0 unspecified atom stereocenters. The molecule has 0 atom stereocenters. The largest absolute Gasteiger partial charge is 0.416 e. The van der Waals surface area contributed by atoms with E-state index in [1.807, 2.05) is 4.90 Å². The van der Waals surface area contributed by atoms with E-state index in [4.69, 9.17) is 5.11 Å². The summed E-state index contributed by atoms with van der Waals surface area (Å²) in [6.45, 7) is 0.234. The molecule has 0 aromatic heterocycles. The Morgan fingerprint density at radius 3 is 2.42 bits per heavy atom. The number of nitro benzene ring substituents is 1. The molecule has 1 aromatic rings. The van der Waals surface area contributed by atoms with Gasteiger partial charge in [-0.2, -0.15) is 13.2 Å². The summed E-state index contributed by atoms with van der Waals surface area (Å²) >= 11 is 0. The van der Waals surface area contributed by atoms with E-state index in [1.54, 1.807) is 7.05 Å². The fourth-order valence-corrected chi connectivity index (χ4v) is 3.25. The number of aliphatic hydroxyl groups excluding tert-OH is 1. The first-order chi connectivity index (χ1) is 11.2. The lowest BCUT2D eigenvalue weighted by molar-refractivity contribution is -0.385. The molecular weight excluding hydrogens is 325 g/mol. The Hall–Kier alpha value is -1.67. The van der Waals surface area contributed by atoms with Crippen LogP contribution in [-0.2, 0) is 12.7 Å². The lowest BCUT2D eigenvalue weighted by atomic mass is 9.86. The minimum absolute atomic E-state index is 0.0416. The van der Waals surface area contributed by atoms with Crippen LogP contribution < -0.4 is 0 Å². The number of alkyl halides is 3. The first-order valence-corrected chi connectivity index (χ1v) is 7.88. The summed E-state index contributed by atoms with van der Waals surface area (Å²) in [7, 11) is 1.77. The van der Waals surface area contributed by atoms with Crippen LogP contribution in [0.5, 0.6) is 0 Å². The lowest BCUT2D eigenvalue weighted by Crippen LogP contribution is -2.35. The molecule has 1 saturated carbocycles.